The van der Waals surface area contributed by atoms with E-state index < -0.39 is 0 Å². The molecular formula is C58H36. The van der Waals surface area contributed by atoms with Crippen LogP contribution in [0.3, 0.4) is 0 Å². The van der Waals surface area contributed by atoms with Crippen LogP contribution in [-0.4, -0.2) is 0 Å². The topological polar surface area (TPSA) is 0 Å². The molecule has 268 valence electrons. The van der Waals surface area contributed by atoms with Gasteiger partial charge < -0.3 is 0 Å². The lowest BCUT2D eigenvalue weighted by Crippen LogP contribution is -1.99. The number of hydrogen-bond acceptors (Lipinski definition) is 0. The van der Waals surface area contributed by atoms with Crippen molar-refractivity contribution in [2.24, 2.45) is 0 Å². The van der Waals surface area contributed by atoms with Crippen LogP contribution in [0.1, 0.15) is 0 Å². The molecule has 12 rings (SSSR count). The molecule has 0 spiro atoms. The highest BCUT2D eigenvalue weighted by Gasteiger charge is 2.28. The summed E-state index contributed by atoms with van der Waals surface area (Å²) >= 11 is 0. The van der Waals surface area contributed by atoms with Crippen LogP contribution >= 0.6 is 0 Å². The van der Waals surface area contributed by atoms with Crippen LogP contribution in [0.15, 0.2) is 218 Å². The van der Waals surface area contributed by atoms with Crippen molar-refractivity contribution >= 4 is 75.4 Å². The van der Waals surface area contributed by atoms with Gasteiger partial charge in [0.15, 0.2) is 0 Å². The van der Waals surface area contributed by atoms with Crippen LogP contribution < -0.4 is 0 Å². The van der Waals surface area contributed by atoms with E-state index in [1.54, 1.807) is 0 Å². The van der Waals surface area contributed by atoms with E-state index in [-0.39, 0.29) is 0 Å². The summed E-state index contributed by atoms with van der Waals surface area (Å²) in [5.41, 5.74) is 10.0. The fourth-order valence-corrected chi connectivity index (χ4v) is 10.0. The first-order valence-electron chi connectivity index (χ1n) is 20.2. The van der Waals surface area contributed by atoms with Crippen LogP contribution in [0.25, 0.3) is 120 Å². The maximum atomic E-state index is 2.36. The Morgan fingerprint density at radius 3 is 0.586 bits per heavy atom. The second kappa shape index (κ2) is 13.0. The molecule has 0 saturated carbocycles. The predicted molar refractivity (Wildman–Crippen MR) is 251 cm³/mol. The van der Waals surface area contributed by atoms with E-state index >= 15 is 0 Å². The van der Waals surface area contributed by atoms with E-state index in [0.717, 1.165) is 0 Å². The van der Waals surface area contributed by atoms with Crippen molar-refractivity contribution in [3.8, 4) is 44.5 Å². The maximum absolute atomic E-state index is 2.36. The molecule has 0 heterocycles. The van der Waals surface area contributed by atoms with Crippen molar-refractivity contribution in [2.45, 2.75) is 0 Å². The smallest absolute Gasteiger partial charge is 0.0000937 e. The number of rotatable bonds is 4. The lowest BCUT2D eigenvalue weighted by Gasteiger charge is -2.27. The molecule has 0 amide bonds. The summed E-state index contributed by atoms with van der Waals surface area (Å²) in [5, 5.41) is 17.5. The van der Waals surface area contributed by atoms with Crippen molar-refractivity contribution in [1.29, 1.82) is 0 Å². The van der Waals surface area contributed by atoms with E-state index in [1.807, 2.05) is 0 Å². The lowest BCUT2D eigenvalue weighted by atomic mass is 9.76. The zero-order chi connectivity index (χ0) is 38.2. The van der Waals surface area contributed by atoms with Gasteiger partial charge in [0, 0.05) is 0 Å². The lowest BCUT2D eigenvalue weighted by molar-refractivity contribution is 1.67. The van der Waals surface area contributed by atoms with Gasteiger partial charge in [0.05, 0.1) is 0 Å². The highest BCUT2D eigenvalue weighted by molar-refractivity contribution is 6.37. The van der Waals surface area contributed by atoms with Crippen LogP contribution in [0, 0.1) is 0 Å². The summed E-state index contributed by atoms with van der Waals surface area (Å²) in [5.74, 6) is 0. The molecule has 12 aromatic carbocycles. The Hall–Kier alpha value is -7.54. The largest absolute Gasteiger partial charge is 0.0616 e. The summed E-state index contributed by atoms with van der Waals surface area (Å²) in [6, 6.07) is 81.2. The van der Waals surface area contributed by atoms with Gasteiger partial charge in [-0.2, -0.15) is 0 Å². The van der Waals surface area contributed by atoms with Crippen LogP contribution in [0.4, 0.5) is 0 Å². The molecular weight excluding hydrogens is 697 g/mol. The minimum Gasteiger partial charge on any atom is -0.0616 e. The zero-order valence-electron chi connectivity index (χ0n) is 31.8. The first kappa shape index (κ1) is 32.7. The van der Waals surface area contributed by atoms with Gasteiger partial charge in [0.25, 0.3) is 0 Å². The SMILES string of the molecule is c1ccc2c(-c3c4ccccc4c(-c4cccc5ccccc45)c4c(-c5cccc6ccccc56)c5ccccc5c(-c5cccc6ccccc56)c34)cccc2c1. The summed E-state index contributed by atoms with van der Waals surface area (Å²) < 4.78 is 0. The average Bonchev–Trinajstić information content (AvgIpc) is 3.29. The van der Waals surface area contributed by atoms with Crippen LogP contribution in [0.2, 0.25) is 0 Å². The van der Waals surface area contributed by atoms with Gasteiger partial charge in [-0.1, -0.05) is 218 Å². The molecule has 0 aliphatic rings. The fraction of sp³-hybridized carbons (Fsp3) is 0. The van der Waals surface area contributed by atoms with Crippen molar-refractivity contribution < 1.29 is 0 Å². The van der Waals surface area contributed by atoms with Gasteiger partial charge in [-0.25, -0.2) is 0 Å². The Morgan fingerprint density at radius 1 is 0.155 bits per heavy atom. The fourth-order valence-electron chi connectivity index (χ4n) is 10.0. The molecule has 0 bridgehead atoms. The molecule has 0 saturated heterocycles. The van der Waals surface area contributed by atoms with Crippen LogP contribution in [0.5, 0.6) is 0 Å². The molecule has 0 aliphatic heterocycles. The Bertz CT molecular complexity index is 3130. The van der Waals surface area contributed by atoms with Crippen molar-refractivity contribution in [3.63, 3.8) is 0 Å². The zero-order valence-corrected chi connectivity index (χ0v) is 31.8. The minimum atomic E-state index is 1.23. The quantitative estimate of drug-likeness (QED) is 0.158. The van der Waals surface area contributed by atoms with Crippen molar-refractivity contribution in [1.82, 2.24) is 0 Å². The second-order valence-electron chi connectivity index (χ2n) is 15.4. The third-order valence-electron chi connectivity index (χ3n) is 12.4. The molecule has 0 atom stereocenters. The summed E-state index contributed by atoms with van der Waals surface area (Å²) in [4.78, 5) is 0. The summed E-state index contributed by atoms with van der Waals surface area (Å²) in [7, 11) is 0. The van der Waals surface area contributed by atoms with E-state index in [1.165, 1.54) is 120 Å². The number of benzene rings is 12. The number of hydrogen-bond donors (Lipinski definition) is 0. The van der Waals surface area contributed by atoms with Crippen molar-refractivity contribution in [3.05, 3.63) is 218 Å². The standard InChI is InChI=1S/C58H36/c1-5-25-41-37(17-1)21-13-33-45(41)53-49-29-9-10-30-50(49)55(47-35-15-23-39-19-3-7-27-43(39)47)58-56(48-36-16-24-40-20-4-8-28-44(40)48)52-32-12-11-31-51(52)54(57(53)58)46-34-14-22-38-18-2-6-26-42(38)46/h1-36H. The molecule has 0 nitrogen and oxygen atoms in total. The summed E-state index contributed by atoms with van der Waals surface area (Å²) in [6.45, 7) is 0. The molecule has 0 heteroatoms. The number of fused-ring (bicyclic) bond motifs is 7. The Kier molecular flexibility index (Phi) is 7.33. The first-order chi connectivity index (χ1) is 28.8. The van der Waals surface area contributed by atoms with Gasteiger partial charge in [-0.05, 0) is 120 Å². The monoisotopic (exact) mass is 732 g/mol. The molecule has 0 aromatic heterocycles. The highest BCUT2D eigenvalue weighted by Crippen LogP contribution is 2.56. The highest BCUT2D eigenvalue weighted by atomic mass is 14.3. The minimum absolute atomic E-state index is 1.23. The molecule has 0 fully saturated rings. The first-order valence-corrected chi connectivity index (χ1v) is 20.2. The molecule has 58 heavy (non-hydrogen) atoms. The summed E-state index contributed by atoms with van der Waals surface area (Å²) in [6.07, 6.45) is 0. The molecule has 0 aliphatic carbocycles. The van der Waals surface area contributed by atoms with E-state index in [0.29, 0.717) is 0 Å². The van der Waals surface area contributed by atoms with E-state index in [4.69, 9.17) is 0 Å². The Morgan fingerprint density at radius 2 is 0.345 bits per heavy atom. The van der Waals surface area contributed by atoms with Gasteiger partial charge in [0.2, 0.25) is 0 Å². The average molecular weight is 733 g/mol. The van der Waals surface area contributed by atoms with Gasteiger partial charge in [0.1, 0.15) is 0 Å². The molecule has 0 unspecified atom stereocenters. The maximum Gasteiger partial charge on any atom is -0.0000937 e. The predicted octanol–water partition coefficient (Wildman–Crippen LogP) is 16.4. The second-order valence-corrected chi connectivity index (χ2v) is 15.4. The normalized spacial score (nSPS) is 11.8. The van der Waals surface area contributed by atoms with Gasteiger partial charge in [-0.15, -0.1) is 0 Å². The van der Waals surface area contributed by atoms with E-state index in [9.17, 15) is 0 Å². The van der Waals surface area contributed by atoms with Gasteiger partial charge >= 0.3 is 0 Å². The third-order valence-corrected chi connectivity index (χ3v) is 12.4. The van der Waals surface area contributed by atoms with Gasteiger partial charge in [-0.3, -0.25) is 0 Å². The third kappa shape index (κ3) is 4.82. The molecule has 0 radical (unpaired) electrons. The molecule has 12 aromatic rings. The molecule has 0 N–H and O–H groups in total. The van der Waals surface area contributed by atoms with E-state index in [2.05, 4.69) is 218 Å². The Balaban J connectivity index is 1.46. The van der Waals surface area contributed by atoms with Crippen molar-refractivity contribution in [2.75, 3.05) is 0 Å². The van der Waals surface area contributed by atoms with Crippen LogP contribution in [-0.2, 0) is 0 Å². The Labute approximate surface area is 336 Å².